The van der Waals surface area contributed by atoms with E-state index in [0.717, 1.165) is 18.4 Å². The second kappa shape index (κ2) is 7.24. The Kier molecular flexibility index (Phi) is 5.27. The number of sulfone groups is 1. The Bertz CT molecular complexity index is 1060. The van der Waals surface area contributed by atoms with Crippen molar-refractivity contribution in [3.63, 3.8) is 0 Å². The van der Waals surface area contributed by atoms with Crippen molar-refractivity contribution in [3.05, 3.63) is 51.0 Å². The standard InChI is InChI=1S/C15H14N5O5S/c1-9-6-13(12(17-16)8-14(9)25-2)19-18-11-5-4-10(20(21)22)7-15(11)26(3,23)24/h4-8H,1-3H3/q+1. The highest BCUT2D eigenvalue weighted by atomic mass is 32.2. The van der Waals surface area contributed by atoms with Crippen molar-refractivity contribution in [2.75, 3.05) is 13.4 Å². The molecule has 0 fully saturated rings. The van der Waals surface area contributed by atoms with Crippen molar-refractivity contribution in [1.29, 1.82) is 5.39 Å². The summed E-state index contributed by atoms with van der Waals surface area (Å²) in [5.74, 6) is 0.476. The van der Waals surface area contributed by atoms with Crippen LogP contribution in [0, 0.1) is 22.4 Å². The maximum Gasteiger partial charge on any atom is 0.415 e. The molecule has 0 saturated heterocycles. The summed E-state index contributed by atoms with van der Waals surface area (Å²) in [4.78, 5) is 12.9. The van der Waals surface area contributed by atoms with E-state index < -0.39 is 14.8 Å². The average Bonchev–Trinajstić information content (AvgIpc) is 2.58. The molecule has 0 aliphatic carbocycles. The van der Waals surface area contributed by atoms with Gasteiger partial charge in [0, 0.05) is 18.4 Å². The third-order valence-corrected chi connectivity index (χ3v) is 4.54. The van der Waals surface area contributed by atoms with E-state index in [2.05, 4.69) is 15.2 Å². The second-order valence-corrected chi connectivity index (χ2v) is 7.28. The molecule has 0 aromatic heterocycles. The van der Waals surface area contributed by atoms with Gasteiger partial charge in [-0.25, -0.2) is 8.42 Å². The fourth-order valence-corrected chi connectivity index (χ4v) is 2.97. The van der Waals surface area contributed by atoms with Crippen LogP contribution in [0.4, 0.5) is 22.7 Å². The normalized spacial score (nSPS) is 11.3. The molecule has 26 heavy (non-hydrogen) atoms. The third kappa shape index (κ3) is 3.98. The minimum Gasteiger partial charge on any atom is -0.496 e. The fraction of sp³-hybridized carbons (Fsp3) is 0.200. The number of ether oxygens (including phenoxy) is 1. The lowest BCUT2D eigenvalue weighted by atomic mass is 10.2. The van der Waals surface area contributed by atoms with Crippen LogP contribution in [0.5, 0.6) is 5.75 Å². The van der Waals surface area contributed by atoms with Gasteiger partial charge in [0.1, 0.15) is 16.3 Å². The number of nitrogens with zero attached hydrogens (tertiary/aromatic N) is 5. The number of nitro groups is 1. The number of aryl methyl sites for hydroxylation is 1. The van der Waals surface area contributed by atoms with Gasteiger partial charge in [-0.15, -0.1) is 10.2 Å². The van der Waals surface area contributed by atoms with Gasteiger partial charge in [-0.05, 0) is 24.6 Å². The number of benzene rings is 2. The van der Waals surface area contributed by atoms with Crippen LogP contribution < -0.4 is 4.74 Å². The van der Waals surface area contributed by atoms with E-state index in [1.165, 1.54) is 19.2 Å². The molecular formula is C15H14N5O5S+. The highest BCUT2D eigenvalue weighted by molar-refractivity contribution is 7.90. The quantitative estimate of drug-likeness (QED) is 0.331. The lowest BCUT2D eigenvalue weighted by molar-refractivity contribution is -0.385. The van der Waals surface area contributed by atoms with Gasteiger partial charge < -0.3 is 4.74 Å². The lowest BCUT2D eigenvalue weighted by Crippen LogP contribution is -1.99. The van der Waals surface area contributed by atoms with Gasteiger partial charge in [0.2, 0.25) is 5.39 Å². The van der Waals surface area contributed by atoms with Gasteiger partial charge in [-0.2, -0.15) is 0 Å². The highest BCUT2D eigenvalue weighted by Crippen LogP contribution is 2.37. The molecule has 0 aliphatic rings. The summed E-state index contributed by atoms with van der Waals surface area (Å²) >= 11 is 0. The summed E-state index contributed by atoms with van der Waals surface area (Å²) in [7, 11) is -2.32. The molecule has 0 N–H and O–H groups in total. The minimum absolute atomic E-state index is 0.0685. The SMILES string of the molecule is COc1cc([N+]#N)c(N=Nc2ccc([N+](=O)[O-])cc2S(C)(=O)=O)cc1C. The molecule has 134 valence electrons. The first-order chi connectivity index (χ1) is 12.2. The first-order valence-corrected chi connectivity index (χ1v) is 9.00. The van der Waals surface area contributed by atoms with Crippen LogP contribution in [0.1, 0.15) is 5.56 Å². The summed E-state index contributed by atoms with van der Waals surface area (Å²) in [6.07, 6.45) is 0.914. The minimum atomic E-state index is -3.78. The van der Waals surface area contributed by atoms with Gasteiger partial charge >= 0.3 is 5.69 Å². The molecule has 0 heterocycles. The Morgan fingerprint density at radius 1 is 1.19 bits per heavy atom. The van der Waals surface area contributed by atoms with E-state index in [-0.39, 0.29) is 27.6 Å². The highest BCUT2D eigenvalue weighted by Gasteiger charge is 2.20. The summed E-state index contributed by atoms with van der Waals surface area (Å²) in [6, 6.07) is 6.21. The summed E-state index contributed by atoms with van der Waals surface area (Å²) in [5.41, 5.74) is 0.481. The van der Waals surface area contributed by atoms with Crippen molar-refractivity contribution < 1.29 is 18.1 Å². The number of methoxy groups -OCH3 is 1. The first kappa shape index (κ1) is 18.9. The van der Waals surface area contributed by atoms with E-state index in [1.54, 1.807) is 13.0 Å². The Hall–Kier alpha value is -3.39. The fourth-order valence-electron chi connectivity index (χ4n) is 2.15. The molecule has 0 bridgehead atoms. The van der Waals surface area contributed by atoms with Crippen molar-refractivity contribution in [2.45, 2.75) is 11.8 Å². The molecule has 0 atom stereocenters. The number of azo groups is 1. The molecule has 0 spiro atoms. The Balaban J connectivity index is 2.57. The van der Waals surface area contributed by atoms with Crippen molar-refractivity contribution >= 4 is 32.6 Å². The summed E-state index contributed by atoms with van der Waals surface area (Å²) in [6.45, 7) is 1.74. The predicted octanol–water partition coefficient (Wildman–Crippen LogP) is 4.22. The van der Waals surface area contributed by atoms with Gasteiger partial charge in [-0.1, -0.05) is 0 Å². The number of rotatable bonds is 5. The van der Waals surface area contributed by atoms with Crippen LogP contribution in [-0.2, 0) is 9.84 Å². The summed E-state index contributed by atoms with van der Waals surface area (Å²) in [5, 5.41) is 27.7. The zero-order valence-corrected chi connectivity index (χ0v) is 14.9. The van der Waals surface area contributed by atoms with E-state index in [4.69, 9.17) is 10.1 Å². The number of hydrogen-bond acceptors (Lipinski definition) is 8. The Morgan fingerprint density at radius 3 is 2.38 bits per heavy atom. The molecule has 11 heteroatoms. The maximum atomic E-state index is 11.9. The maximum absolute atomic E-state index is 11.9. The molecule has 0 aliphatic heterocycles. The van der Waals surface area contributed by atoms with Crippen LogP contribution in [0.15, 0.2) is 45.5 Å². The molecule has 10 nitrogen and oxygen atoms in total. The topological polar surface area (TPSA) is 139 Å². The molecule has 2 aromatic rings. The van der Waals surface area contributed by atoms with Crippen LogP contribution in [0.2, 0.25) is 0 Å². The van der Waals surface area contributed by atoms with Crippen LogP contribution >= 0.6 is 0 Å². The summed E-state index contributed by atoms with van der Waals surface area (Å²) < 4.78 is 28.9. The van der Waals surface area contributed by atoms with Gasteiger partial charge in [0.05, 0.1) is 18.1 Å². The molecule has 2 aromatic carbocycles. The Morgan fingerprint density at radius 2 is 1.85 bits per heavy atom. The van der Waals surface area contributed by atoms with Crippen LogP contribution in [0.3, 0.4) is 0 Å². The molecule has 0 radical (unpaired) electrons. The molecule has 0 unspecified atom stereocenters. The third-order valence-electron chi connectivity index (χ3n) is 3.42. The van der Waals surface area contributed by atoms with Gasteiger partial charge in [-0.3, -0.25) is 10.1 Å². The molecule has 0 saturated carbocycles. The largest absolute Gasteiger partial charge is 0.496 e. The van der Waals surface area contributed by atoms with Gasteiger partial charge in [0.15, 0.2) is 20.5 Å². The zero-order chi connectivity index (χ0) is 19.5. The van der Waals surface area contributed by atoms with E-state index >= 15 is 0 Å². The van der Waals surface area contributed by atoms with Crippen molar-refractivity contribution in [1.82, 2.24) is 0 Å². The lowest BCUT2D eigenvalue weighted by Gasteiger charge is -2.04. The van der Waals surface area contributed by atoms with Crippen LogP contribution in [0.25, 0.3) is 4.98 Å². The molecule has 0 amide bonds. The van der Waals surface area contributed by atoms with Gasteiger partial charge in [0.25, 0.3) is 5.69 Å². The van der Waals surface area contributed by atoms with Crippen molar-refractivity contribution in [3.8, 4) is 5.75 Å². The molecular weight excluding hydrogens is 362 g/mol. The number of non-ortho nitro benzene ring substituents is 1. The van der Waals surface area contributed by atoms with E-state index in [9.17, 15) is 18.5 Å². The first-order valence-electron chi connectivity index (χ1n) is 7.11. The molecule has 2 rings (SSSR count). The van der Waals surface area contributed by atoms with E-state index in [0.29, 0.717) is 11.3 Å². The zero-order valence-electron chi connectivity index (χ0n) is 14.1. The van der Waals surface area contributed by atoms with Crippen molar-refractivity contribution in [2.24, 2.45) is 10.2 Å². The Labute approximate surface area is 148 Å². The number of diazo groups is 1. The number of nitro benzene ring substituents is 1. The second-order valence-electron chi connectivity index (χ2n) is 5.29. The smallest absolute Gasteiger partial charge is 0.415 e. The predicted molar refractivity (Wildman–Crippen MR) is 92.9 cm³/mol. The monoisotopic (exact) mass is 376 g/mol. The van der Waals surface area contributed by atoms with E-state index in [1.807, 2.05) is 0 Å². The van der Waals surface area contributed by atoms with Crippen LogP contribution in [-0.4, -0.2) is 26.7 Å². The number of hydrogen-bond donors (Lipinski definition) is 0. The average molecular weight is 376 g/mol.